The van der Waals surface area contributed by atoms with Crippen molar-refractivity contribution < 1.29 is 19.8 Å². The van der Waals surface area contributed by atoms with E-state index < -0.39 is 23.6 Å². The topological polar surface area (TPSA) is 98.7 Å². The van der Waals surface area contributed by atoms with Gasteiger partial charge < -0.3 is 15.5 Å². The van der Waals surface area contributed by atoms with Crippen LogP contribution in [0.25, 0.3) is 0 Å². The summed E-state index contributed by atoms with van der Waals surface area (Å²) >= 11 is 0. The van der Waals surface area contributed by atoms with Gasteiger partial charge in [-0.2, -0.15) is 0 Å². The maximum atomic E-state index is 12.0. The molecule has 2 rings (SSSR count). The second kappa shape index (κ2) is 6.69. The molecule has 1 aromatic carbocycles. The van der Waals surface area contributed by atoms with Crippen molar-refractivity contribution >= 4 is 11.9 Å². The molecule has 6 heteroatoms. The van der Waals surface area contributed by atoms with E-state index in [9.17, 15) is 19.8 Å². The number of benzene rings is 1. The Morgan fingerprint density at radius 1 is 1.33 bits per heavy atom. The largest absolute Gasteiger partial charge is 0.478 e. The molecule has 21 heavy (non-hydrogen) atoms. The van der Waals surface area contributed by atoms with Gasteiger partial charge in [-0.05, 0) is 37.8 Å². The number of carbonyl (C=O) groups is 2. The van der Waals surface area contributed by atoms with Crippen LogP contribution in [-0.2, 0) is 16.0 Å². The van der Waals surface area contributed by atoms with Gasteiger partial charge in [-0.3, -0.25) is 10.1 Å². The number of hydrogen-bond acceptors (Lipinski definition) is 4. The minimum Gasteiger partial charge on any atom is -0.478 e. The second-order valence-corrected chi connectivity index (χ2v) is 5.27. The van der Waals surface area contributed by atoms with Crippen LogP contribution in [0, 0.1) is 0 Å². The number of nitrogens with one attached hydrogen (secondary N) is 2. The van der Waals surface area contributed by atoms with Crippen LogP contribution in [-0.4, -0.2) is 40.4 Å². The SMILES string of the molecule is O=C(N[C@@]1(C(=O)O)CCCN1)C(O)CCc1ccccc1. The zero-order chi connectivity index (χ0) is 15.3. The van der Waals surface area contributed by atoms with Crippen molar-refractivity contribution in [1.82, 2.24) is 10.6 Å². The maximum absolute atomic E-state index is 12.0. The lowest BCUT2D eigenvalue weighted by Gasteiger charge is -2.27. The van der Waals surface area contributed by atoms with Crippen molar-refractivity contribution in [3.63, 3.8) is 0 Å². The predicted octanol–water partition coefficient (Wildman–Crippen LogP) is 0.261. The Morgan fingerprint density at radius 3 is 2.62 bits per heavy atom. The first kappa shape index (κ1) is 15.5. The van der Waals surface area contributed by atoms with Gasteiger partial charge in [0.2, 0.25) is 0 Å². The molecule has 1 amide bonds. The Bertz CT molecular complexity index is 498. The molecule has 1 fully saturated rings. The molecule has 1 saturated heterocycles. The highest BCUT2D eigenvalue weighted by Crippen LogP contribution is 2.17. The predicted molar refractivity (Wildman–Crippen MR) is 76.5 cm³/mol. The highest BCUT2D eigenvalue weighted by atomic mass is 16.4. The van der Waals surface area contributed by atoms with E-state index in [-0.39, 0.29) is 6.42 Å². The summed E-state index contributed by atoms with van der Waals surface area (Å²) in [6, 6.07) is 9.52. The molecule has 1 aromatic rings. The summed E-state index contributed by atoms with van der Waals surface area (Å²) in [5.41, 5.74) is -0.415. The van der Waals surface area contributed by atoms with Crippen LogP contribution in [0.3, 0.4) is 0 Å². The number of carboxylic acids is 1. The first-order chi connectivity index (χ1) is 10.0. The zero-order valence-corrected chi connectivity index (χ0v) is 11.7. The van der Waals surface area contributed by atoms with Gasteiger partial charge in [0.05, 0.1) is 0 Å². The molecule has 0 aliphatic carbocycles. The average molecular weight is 292 g/mol. The number of aryl methyl sites for hydroxylation is 1. The van der Waals surface area contributed by atoms with Gasteiger partial charge in [-0.1, -0.05) is 30.3 Å². The van der Waals surface area contributed by atoms with Gasteiger partial charge in [-0.25, -0.2) is 4.79 Å². The average Bonchev–Trinajstić information content (AvgIpc) is 2.95. The summed E-state index contributed by atoms with van der Waals surface area (Å²) in [5.74, 6) is -1.77. The summed E-state index contributed by atoms with van der Waals surface area (Å²) in [4.78, 5) is 23.3. The molecule has 2 atom stereocenters. The fourth-order valence-electron chi connectivity index (χ4n) is 2.46. The number of aliphatic carboxylic acids is 1. The lowest BCUT2D eigenvalue weighted by molar-refractivity contribution is -0.150. The van der Waals surface area contributed by atoms with Gasteiger partial charge in [0, 0.05) is 0 Å². The highest BCUT2D eigenvalue weighted by Gasteiger charge is 2.43. The smallest absolute Gasteiger partial charge is 0.344 e. The van der Waals surface area contributed by atoms with Crippen LogP contribution in [0.4, 0.5) is 0 Å². The first-order valence-corrected chi connectivity index (χ1v) is 7.06. The number of hydrogen-bond donors (Lipinski definition) is 4. The molecule has 1 unspecified atom stereocenters. The standard InChI is InChI=1S/C15H20N2O4/c18-12(8-7-11-5-2-1-3-6-11)13(19)17-15(14(20)21)9-4-10-16-15/h1-3,5-6,12,16,18H,4,7-10H2,(H,17,19)(H,20,21)/t12?,15-/m1/s1. The van der Waals surface area contributed by atoms with Gasteiger partial charge in [0.1, 0.15) is 6.10 Å². The minimum atomic E-state index is -1.44. The van der Waals surface area contributed by atoms with E-state index in [1.807, 2.05) is 30.3 Å². The van der Waals surface area contributed by atoms with E-state index in [0.717, 1.165) is 5.56 Å². The molecule has 0 radical (unpaired) electrons. The van der Waals surface area contributed by atoms with Crippen LogP contribution in [0.15, 0.2) is 30.3 Å². The van der Waals surface area contributed by atoms with Gasteiger partial charge >= 0.3 is 5.97 Å². The zero-order valence-electron chi connectivity index (χ0n) is 11.7. The van der Waals surface area contributed by atoms with Gasteiger partial charge in [0.15, 0.2) is 5.66 Å². The van der Waals surface area contributed by atoms with Crippen molar-refractivity contribution in [1.29, 1.82) is 0 Å². The molecule has 4 N–H and O–H groups in total. The fourth-order valence-corrected chi connectivity index (χ4v) is 2.46. The Morgan fingerprint density at radius 2 is 2.05 bits per heavy atom. The van der Waals surface area contributed by atoms with E-state index in [1.54, 1.807) is 0 Å². The van der Waals surface area contributed by atoms with E-state index in [1.165, 1.54) is 0 Å². The molecule has 0 bridgehead atoms. The van der Waals surface area contributed by atoms with E-state index in [4.69, 9.17) is 0 Å². The lowest BCUT2D eigenvalue weighted by atomic mass is 10.0. The third-order valence-corrected chi connectivity index (χ3v) is 3.71. The molecule has 1 aliphatic rings. The molecule has 114 valence electrons. The Balaban J connectivity index is 1.89. The van der Waals surface area contributed by atoms with Crippen LogP contribution >= 0.6 is 0 Å². The Labute approximate surface area is 123 Å². The molecule has 1 heterocycles. The third kappa shape index (κ3) is 3.80. The van der Waals surface area contributed by atoms with Crippen LogP contribution in [0.5, 0.6) is 0 Å². The van der Waals surface area contributed by atoms with E-state index in [2.05, 4.69) is 10.6 Å². The first-order valence-electron chi connectivity index (χ1n) is 7.06. The monoisotopic (exact) mass is 292 g/mol. The number of carboxylic acid groups (broad SMARTS) is 1. The van der Waals surface area contributed by atoms with Crippen LogP contribution in [0.1, 0.15) is 24.8 Å². The summed E-state index contributed by atoms with van der Waals surface area (Å²) < 4.78 is 0. The quantitative estimate of drug-likeness (QED) is 0.603. The molecular weight excluding hydrogens is 272 g/mol. The second-order valence-electron chi connectivity index (χ2n) is 5.27. The molecule has 0 saturated carbocycles. The molecule has 1 aliphatic heterocycles. The van der Waals surface area contributed by atoms with Crippen LogP contribution < -0.4 is 10.6 Å². The van der Waals surface area contributed by atoms with Crippen LogP contribution in [0.2, 0.25) is 0 Å². The highest BCUT2D eigenvalue weighted by molar-refractivity contribution is 5.88. The normalized spacial score (nSPS) is 22.7. The molecule has 0 aromatic heterocycles. The fraction of sp³-hybridized carbons (Fsp3) is 0.467. The van der Waals surface area contributed by atoms with Crippen molar-refractivity contribution in [2.75, 3.05) is 6.54 Å². The number of amides is 1. The number of carbonyl (C=O) groups excluding carboxylic acids is 1. The lowest BCUT2D eigenvalue weighted by Crippen LogP contribution is -2.62. The Hall–Kier alpha value is -1.92. The molecular formula is C15H20N2O4. The van der Waals surface area contributed by atoms with E-state index >= 15 is 0 Å². The summed E-state index contributed by atoms with van der Waals surface area (Å²) in [5, 5.41) is 24.4. The summed E-state index contributed by atoms with van der Waals surface area (Å²) in [7, 11) is 0. The maximum Gasteiger partial charge on any atom is 0.344 e. The number of aliphatic hydroxyl groups excluding tert-OH is 1. The molecule has 0 spiro atoms. The minimum absolute atomic E-state index is 0.256. The summed E-state index contributed by atoms with van der Waals surface area (Å²) in [6.07, 6.45) is 0.588. The van der Waals surface area contributed by atoms with Crippen molar-refractivity contribution in [2.45, 2.75) is 37.5 Å². The third-order valence-electron chi connectivity index (χ3n) is 3.71. The van der Waals surface area contributed by atoms with E-state index in [0.29, 0.717) is 25.8 Å². The summed E-state index contributed by atoms with van der Waals surface area (Å²) in [6.45, 7) is 0.534. The van der Waals surface area contributed by atoms with Gasteiger partial charge in [0.25, 0.3) is 5.91 Å². The van der Waals surface area contributed by atoms with Crippen molar-refractivity contribution in [2.24, 2.45) is 0 Å². The Kier molecular flexibility index (Phi) is 4.93. The van der Waals surface area contributed by atoms with Crippen molar-refractivity contribution in [3.05, 3.63) is 35.9 Å². The molecule has 6 nitrogen and oxygen atoms in total. The number of rotatable bonds is 6. The number of aliphatic hydroxyl groups is 1. The van der Waals surface area contributed by atoms with Crippen molar-refractivity contribution in [3.8, 4) is 0 Å². The van der Waals surface area contributed by atoms with Gasteiger partial charge in [-0.15, -0.1) is 0 Å².